The van der Waals surface area contributed by atoms with E-state index in [0.717, 1.165) is 29.3 Å². The molecule has 0 aliphatic heterocycles. The van der Waals surface area contributed by atoms with Crippen LogP contribution in [0.5, 0.6) is 0 Å². The number of likely N-dealkylation sites (N-methyl/N-ethyl adjacent to an activating group) is 1. The van der Waals surface area contributed by atoms with Crippen molar-refractivity contribution >= 4 is 23.4 Å². The summed E-state index contributed by atoms with van der Waals surface area (Å²) in [5, 5.41) is 17.0. The number of aliphatic hydroxyl groups is 1. The van der Waals surface area contributed by atoms with Crippen LogP contribution in [0, 0.1) is 12.3 Å². The zero-order valence-electron chi connectivity index (χ0n) is 13.6. The molecule has 1 heterocycles. The van der Waals surface area contributed by atoms with E-state index in [4.69, 9.17) is 5.41 Å². The number of nitrogens with zero attached hydrogens (tertiary/aromatic N) is 2. The zero-order chi connectivity index (χ0) is 17.5. The highest BCUT2D eigenvalue weighted by Gasteiger charge is 2.16. The Morgan fingerprint density at radius 2 is 1.79 bits per heavy atom. The summed E-state index contributed by atoms with van der Waals surface area (Å²) in [5.41, 5.74) is 3.15. The molecule has 2 rings (SSSR count). The van der Waals surface area contributed by atoms with Gasteiger partial charge < -0.3 is 15.4 Å². The highest BCUT2D eigenvalue weighted by molar-refractivity contribution is 6.14. The van der Waals surface area contributed by atoms with Gasteiger partial charge in [0, 0.05) is 36.9 Å². The van der Waals surface area contributed by atoms with Crippen molar-refractivity contribution in [2.24, 2.45) is 0 Å². The van der Waals surface area contributed by atoms with Crippen molar-refractivity contribution in [1.82, 2.24) is 4.98 Å². The van der Waals surface area contributed by atoms with Crippen LogP contribution >= 0.6 is 0 Å². The molecule has 0 fully saturated rings. The van der Waals surface area contributed by atoms with Crippen LogP contribution in [0.25, 0.3) is 5.57 Å². The number of benzene rings is 1. The maximum Gasteiger partial charge on any atom is 0.261 e. The smallest absolute Gasteiger partial charge is 0.261 e. The van der Waals surface area contributed by atoms with Gasteiger partial charge in [-0.2, -0.15) is 0 Å². The molecule has 1 aromatic carbocycles. The first-order chi connectivity index (χ1) is 11.6. The van der Waals surface area contributed by atoms with Gasteiger partial charge in [-0.25, -0.2) is 0 Å². The number of nitrogens with one attached hydrogen (secondary N) is 1. The summed E-state index contributed by atoms with van der Waals surface area (Å²) in [6.07, 6.45) is 6.59. The normalized spacial score (nSPS) is 11.9. The average Bonchev–Trinajstić information content (AvgIpc) is 2.63. The molecule has 0 saturated heterocycles. The number of hydrogen-bond acceptors (Lipinski definition) is 4. The molecule has 0 radical (unpaired) electrons. The summed E-state index contributed by atoms with van der Waals surface area (Å²) < 4.78 is 0. The van der Waals surface area contributed by atoms with Gasteiger partial charge in [-0.15, -0.1) is 0 Å². The van der Waals surface area contributed by atoms with Crippen molar-refractivity contribution in [3.05, 3.63) is 77.8 Å². The second-order valence-electron chi connectivity index (χ2n) is 5.26. The van der Waals surface area contributed by atoms with Crippen molar-refractivity contribution < 1.29 is 9.90 Å². The van der Waals surface area contributed by atoms with Crippen molar-refractivity contribution in [3.63, 3.8) is 0 Å². The molecule has 0 aliphatic carbocycles. The minimum absolute atomic E-state index is 0.0911. The quantitative estimate of drug-likeness (QED) is 0.383. The molecule has 0 atom stereocenters. The Morgan fingerprint density at radius 3 is 2.33 bits per heavy atom. The Morgan fingerprint density at radius 1 is 1.17 bits per heavy atom. The van der Waals surface area contributed by atoms with E-state index < -0.39 is 0 Å². The number of pyridine rings is 1. The van der Waals surface area contributed by atoms with Crippen LogP contribution < -0.4 is 4.90 Å². The lowest BCUT2D eigenvalue weighted by Gasteiger charge is -2.18. The van der Waals surface area contributed by atoms with Crippen molar-refractivity contribution in [1.29, 1.82) is 5.41 Å². The summed E-state index contributed by atoms with van der Waals surface area (Å²) in [6.45, 7) is 1.97. The Bertz CT molecular complexity index is 778. The van der Waals surface area contributed by atoms with Gasteiger partial charge in [-0.3, -0.25) is 9.78 Å². The number of hydrogen-bond donors (Lipinski definition) is 2. The highest BCUT2D eigenvalue weighted by Crippen LogP contribution is 2.19. The highest BCUT2D eigenvalue weighted by atomic mass is 16.2. The molecule has 0 unspecified atom stereocenters. The standard InChI is InChI=1S/C19H19N3O2/c1-14-3-5-18(6-4-14)22(2)19(24)17(13-23)11-16(12-20)15-7-9-21-10-8-15/h3-13,20,23H,1-2H3. The van der Waals surface area contributed by atoms with Crippen molar-refractivity contribution in [2.75, 3.05) is 11.9 Å². The lowest BCUT2D eigenvalue weighted by molar-refractivity contribution is -0.114. The predicted molar refractivity (Wildman–Crippen MR) is 96.3 cm³/mol. The van der Waals surface area contributed by atoms with E-state index >= 15 is 0 Å². The van der Waals surface area contributed by atoms with Crippen LogP contribution in [0.1, 0.15) is 11.1 Å². The molecule has 2 N–H and O–H groups in total. The van der Waals surface area contributed by atoms with Crippen molar-refractivity contribution in [2.45, 2.75) is 6.92 Å². The predicted octanol–water partition coefficient (Wildman–Crippen LogP) is 3.53. The SMILES string of the molecule is Cc1ccc(N(C)C(=O)C(=CO)C=C(C=N)c2ccncc2)cc1. The average molecular weight is 321 g/mol. The second kappa shape index (κ2) is 7.87. The molecule has 0 bridgehead atoms. The Hall–Kier alpha value is -3.21. The Balaban J connectivity index is 2.30. The first kappa shape index (κ1) is 17.1. The third-order valence-electron chi connectivity index (χ3n) is 3.59. The maximum atomic E-state index is 12.6. The zero-order valence-corrected chi connectivity index (χ0v) is 13.6. The maximum absolute atomic E-state index is 12.6. The van der Waals surface area contributed by atoms with Crippen LogP contribution in [-0.4, -0.2) is 29.3 Å². The van der Waals surface area contributed by atoms with Gasteiger partial charge >= 0.3 is 0 Å². The van der Waals surface area contributed by atoms with E-state index in [2.05, 4.69) is 4.98 Å². The Kier molecular flexibility index (Phi) is 5.63. The summed E-state index contributed by atoms with van der Waals surface area (Å²) in [7, 11) is 1.64. The largest absolute Gasteiger partial charge is 0.515 e. The fourth-order valence-electron chi connectivity index (χ4n) is 2.15. The van der Waals surface area contributed by atoms with E-state index in [1.54, 1.807) is 31.6 Å². The first-order valence-electron chi connectivity index (χ1n) is 7.38. The van der Waals surface area contributed by atoms with E-state index in [9.17, 15) is 9.90 Å². The molecule has 5 heteroatoms. The molecule has 0 aliphatic rings. The number of aromatic nitrogens is 1. The summed E-state index contributed by atoms with van der Waals surface area (Å²) in [4.78, 5) is 18.0. The van der Waals surface area contributed by atoms with Crippen LogP contribution in [0.15, 0.2) is 66.7 Å². The number of allylic oxidation sites excluding steroid dienone is 1. The number of carbonyl (C=O) groups is 1. The van der Waals surface area contributed by atoms with Gasteiger partial charge in [0.2, 0.25) is 0 Å². The lowest BCUT2D eigenvalue weighted by atomic mass is 10.0. The second-order valence-corrected chi connectivity index (χ2v) is 5.26. The Labute approximate surface area is 141 Å². The molecule has 5 nitrogen and oxygen atoms in total. The van der Waals surface area contributed by atoms with Crippen molar-refractivity contribution in [3.8, 4) is 0 Å². The molecule has 0 saturated carbocycles. The van der Waals surface area contributed by atoms with Crippen LogP contribution in [0.4, 0.5) is 5.69 Å². The molecule has 2 aromatic rings. The van der Waals surface area contributed by atoms with Crippen LogP contribution in [0.2, 0.25) is 0 Å². The van der Waals surface area contributed by atoms with Gasteiger partial charge in [0.1, 0.15) is 0 Å². The molecular formula is C19H19N3O2. The monoisotopic (exact) mass is 321 g/mol. The van der Waals surface area contributed by atoms with Gasteiger partial charge in [0.25, 0.3) is 5.91 Å². The lowest BCUT2D eigenvalue weighted by Crippen LogP contribution is -2.27. The number of carbonyl (C=O) groups excluding carboxylic acids is 1. The number of amides is 1. The fraction of sp³-hybridized carbons (Fsp3) is 0.105. The summed E-state index contributed by atoms with van der Waals surface area (Å²) in [5.74, 6) is -0.366. The molecule has 0 spiro atoms. The molecule has 1 amide bonds. The molecular weight excluding hydrogens is 302 g/mol. The number of rotatable bonds is 5. The van der Waals surface area contributed by atoms with E-state index in [0.29, 0.717) is 5.57 Å². The van der Waals surface area contributed by atoms with Gasteiger partial charge in [0.05, 0.1) is 11.8 Å². The third kappa shape index (κ3) is 3.95. The molecule has 122 valence electrons. The van der Waals surface area contributed by atoms with E-state index in [1.165, 1.54) is 11.0 Å². The van der Waals surface area contributed by atoms with Gasteiger partial charge in [0.15, 0.2) is 0 Å². The number of aryl methyl sites for hydroxylation is 1. The third-order valence-corrected chi connectivity index (χ3v) is 3.59. The topological polar surface area (TPSA) is 77.3 Å². The molecule has 24 heavy (non-hydrogen) atoms. The fourth-order valence-corrected chi connectivity index (χ4v) is 2.15. The first-order valence-corrected chi connectivity index (χ1v) is 7.38. The van der Waals surface area contributed by atoms with E-state index in [1.807, 2.05) is 31.2 Å². The number of aliphatic hydroxyl groups excluding tert-OH is 1. The minimum atomic E-state index is -0.366. The van der Waals surface area contributed by atoms with Gasteiger partial charge in [-0.1, -0.05) is 17.7 Å². The number of anilines is 1. The van der Waals surface area contributed by atoms with E-state index in [-0.39, 0.29) is 11.5 Å². The van der Waals surface area contributed by atoms with Crippen LogP contribution in [0.3, 0.4) is 0 Å². The summed E-state index contributed by atoms with van der Waals surface area (Å²) in [6, 6.07) is 11.0. The van der Waals surface area contributed by atoms with Gasteiger partial charge in [-0.05, 0) is 42.8 Å². The van der Waals surface area contributed by atoms with Crippen LogP contribution in [-0.2, 0) is 4.79 Å². The molecule has 1 aromatic heterocycles. The summed E-state index contributed by atoms with van der Waals surface area (Å²) >= 11 is 0. The minimum Gasteiger partial charge on any atom is -0.515 e.